The van der Waals surface area contributed by atoms with Crippen LogP contribution in [0.1, 0.15) is 25.3 Å². The van der Waals surface area contributed by atoms with Crippen molar-refractivity contribution in [1.82, 2.24) is 15.2 Å². The van der Waals surface area contributed by atoms with Crippen molar-refractivity contribution >= 4 is 11.8 Å². The van der Waals surface area contributed by atoms with Gasteiger partial charge in [0.1, 0.15) is 0 Å². The molecule has 6 heteroatoms. The number of hydrogen-bond donors (Lipinski definition) is 1. The van der Waals surface area contributed by atoms with Crippen molar-refractivity contribution in [3.05, 3.63) is 30.1 Å². The number of likely N-dealkylation sites (tertiary alicyclic amines) is 1. The van der Waals surface area contributed by atoms with Gasteiger partial charge in [0, 0.05) is 58.4 Å². The normalized spacial score (nSPS) is 21.0. The van der Waals surface area contributed by atoms with Crippen LogP contribution in [0.25, 0.3) is 0 Å². The lowest BCUT2D eigenvalue weighted by molar-refractivity contribution is -0.135. The number of nitrogens with one attached hydrogen (secondary N) is 1. The highest BCUT2D eigenvalue weighted by atomic mass is 16.5. The number of ether oxygens (including phenoxy) is 1. The standard InChI is InChI=1S/C17H25N3O3/c1-13(21)20-10-6-16(23-2)15(12-20)11-17(22)19-9-5-14-3-7-18-8-4-14/h3-4,7-8,15-16H,5-6,9-12H2,1-2H3,(H,19,22)/t15-,16-/m1/s1. The minimum absolute atomic E-state index is 0.0107. The maximum atomic E-state index is 12.2. The molecule has 0 unspecified atom stereocenters. The van der Waals surface area contributed by atoms with Gasteiger partial charge in [-0.15, -0.1) is 0 Å². The molecule has 2 atom stereocenters. The van der Waals surface area contributed by atoms with Crippen LogP contribution in [0.5, 0.6) is 0 Å². The van der Waals surface area contributed by atoms with E-state index in [-0.39, 0.29) is 23.8 Å². The number of hydrogen-bond acceptors (Lipinski definition) is 4. The van der Waals surface area contributed by atoms with Crippen LogP contribution in [0.4, 0.5) is 0 Å². The summed E-state index contributed by atoms with van der Waals surface area (Å²) in [5, 5.41) is 2.95. The van der Waals surface area contributed by atoms with Crippen molar-refractivity contribution in [2.45, 2.75) is 32.3 Å². The van der Waals surface area contributed by atoms with Crippen LogP contribution < -0.4 is 5.32 Å². The summed E-state index contributed by atoms with van der Waals surface area (Å²) in [6, 6.07) is 3.89. The second-order valence-corrected chi connectivity index (χ2v) is 5.95. The van der Waals surface area contributed by atoms with Crippen LogP contribution in [0.2, 0.25) is 0 Å². The number of carbonyl (C=O) groups is 2. The van der Waals surface area contributed by atoms with Gasteiger partial charge in [-0.05, 0) is 30.5 Å². The number of pyridine rings is 1. The molecule has 1 N–H and O–H groups in total. The number of methoxy groups -OCH3 is 1. The smallest absolute Gasteiger partial charge is 0.220 e. The highest BCUT2D eigenvalue weighted by Gasteiger charge is 2.31. The van der Waals surface area contributed by atoms with Crippen LogP contribution in [0, 0.1) is 5.92 Å². The highest BCUT2D eigenvalue weighted by molar-refractivity contribution is 5.77. The fourth-order valence-corrected chi connectivity index (χ4v) is 3.01. The lowest BCUT2D eigenvalue weighted by atomic mass is 9.91. The second-order valence-electron chi connectivity index (χ2n) is 5.95. The lowest BCUT2D eigenvalue weighted by Gasteiger charge is -2.37. The van der Waals surface area contributed by atoms with Crippen molar-refractivity contribution in [3.8, 4) is 0 Å². The van der Waals surface area contributed by atoms with Crippen LogP contribution in [-0.2, 0) is 20.7 Å². The Morgan fingerprint density at radius 1 is 1.39 bits per heavy atom. The van der Waals surface area contributed by atoms with E-state index in [2.05, 4.69) is 10.3 Å². The molecule has 0 aromatic carbocycles. The van der Waals surface area contributed by atoms with E-state index in [0.717, 1.165) is 18.4 Å². The van der Waals surface area contributed by atoms with E-state index in [0.29, 0.717) is 26.1 Å². The van der Waals surface area contributed by atoms with E-state index in [9.17, 15) is 9.59 Å². The number of piperidine rings is 1. The van der Waals surface area contributed by atoms with Gasteiger partial charge in [-0.25, -0.2) is 0 Å². The Labute approximate surface area is 137 Å². The third-order valence-corrected chi connectivity index (χ3v) is 4.35. The van der Waals surface area contributed by atoms with Gasteiger partial charge in [-0.3, -0.25) is 14.6 Å². The van der Waals surface area contributed by atoms with Crippen molar-refractivity contribution in [2.75, 3.05) is 26.7 Å². The van der Waals surface area contributed by atoms with Crippen molar-refractivity contribution in [1.29, 1.82) is 0 Å². The molecule has 1 aromatic rings. The number of rotatable bonds is 6. The molecule has 1 fully saturated rings. The van der Waals surface area contributed by atoms with Gasteiger partial charge >= 0.3 is 0 Å². The van der Waals surface area contributed by atoms with Crippen LogP contribution in [0.15, 0.2) is 24.5 Å². The molecule has 0 saturated carbocycles. The van der Waals surface area contributed by atoms with E-state index >= 15 is 0 Å². The van der Waals surface area contributed by atoms with Crippen LogP contribution in [-0.4, -0.2) is 54.5 Å². The van der Waals surface area contributed by atoms with Gasteiger partial charge in [-0.2, -0.15) is 0 Å². The predicted molar refractivity (Wildman–Crippen MR) is 86.7 cm³/mol. The Morgan fingerprint density at radius 3 is 2.78 bits per heavy atom. The fourth-order valence-electron chi connectivity index (χ4n) is 3.01. The second kappa shape index (κ2) is 8.62. The third kappa shape index (κ3) is 5.32. The summed E-state index contributed by atoms with van der Waals surface area (Å²) in [6.45, 7) is 3.46. The van der Waals surface area contributed by atoms with Crippen LogP contribution >= 0.6 is 0 Å². The van der Waals surface area contributed by atoms with Crippen molar-refractivity contribution < 1.29 is 14.3 Å². The molecule has 0 aliphatic carbocycles. The third-order valence-electron chi connectivity index (χ3n) is 4.35. The molecule has 0 spiro atoms. The molecule has 0 bridgehead atoms. The fraction of sp³-hybridized carbons (Fsp3) is 0.588. The summed E-state index contributed by atoms with van der Waals surface area (Å²) < 4.78 is 5.48. The molecule has 1 aliphatic rings. The molecule has 1 saturated heterocycles. The number of amides is 2. The molecule has 0 radical (unpaired) electrons. The lowest BCUT2D eigenvalue weighted by Crippen LogP contribution is -2.47. The summed E-state index contributed by atoms with van der Waals surface area (Å²) in [5.74, 6) is 0.123. The van der Waals surface area contributed by atoms with Gasteiger partial charge in [0.15, 0.2) is 0 Å². The van der Waals surface area contributed by atoms with Gasteiger partial charge in [0.2, 0.25) is 11.8 Å². The summed E-state index contributed by atoms with van der Waals surface area (Å²) in [6.07, 6.45) is 5.49. The van der Waals surface area contributed by atoms with Gasteiger partial charge < -0.3 is 15.0 Å². The molecular weight excluding hydrogens is 294 g/mol. The van der Waals surface area contributed by atoms with Gasteiger partial charge in [0.25, 0.3) is 0 Å². The Balaban J connectivity index is 1.78. The number of carbonyl (C=O) groups excluding carboxylic acids is 2. The molecule has 126 valence electrons. The Bertz CT molecular complexity index is 521. The van der Waals surface area contributed by atoms with Crippen molar-refractivity contribution in [3.63, 3.8) is 0 Å². The molecule has 1 aliphatic heterocycles. The van der Waals surface area contributed by atoms with E-state index in [1.54, 1.807) is 31.3 Å². The first-order valence-electron chi connectivity index (χ1n) is 8.04. The van der Waals surface area contributed by atoms with Gasteiger partial charge in [-0.1, -0.05) is 0 Å². The highest BCUT2D eigenvalue weighted by Crippen LogP contribution is 2.22. The number of nitrogens with zero attached hydrogens (tertiary/aromatic N) is 2. The molecule has 23 heavy (non-hydrogen) atoms. The Hall–Kier alpha value is -1.95. The zero-order valence-corrected chi connectivity index (χ0v) is 13.8. The molecular formula is C17H25N3O3. The largest absolute Gasteiger partial charge is 0.381 e. The molecule has 1 aromatic heterocycles. The first kappa shape index (κ1) is 17.4. The molecule has 6 nitrogen and oxygen atoms in total. The summed E-state index contributed by atoms with van der Waals surface area (Å²) >= 11 is 0. The summed E-state index contributed by atoms with van der Waals surface area (Å²) in [7, 11) is 1.67. The SMILES string of the molecule is CO[C@@H]1CCN(C(C)=O)C[C@H]1CC(=O)NCCc1ccncc1. The van der Waals surface area contributed by atoms with Crippen molar-refractivity contribution in [2.24, 2.45) is 5.92 Å². The predicted octanol–water partition coefficient (Wildman–Crippen LogP) is 1.01. The quantitative estimate of drug-likeness (QED) is 0.849. The maximum absolute atomic E-state index is 12.2. The Morgan fingerprint density at radius 2 is 2.13 bits per heavy atom. The van der Waals surface area contributed by atoms with E-state index in [1.807, 2.05) is 12.1 Å². The molecule has 2 heterocycles. The maximum Gasteiger partial charge on any atom is 0.220 e. The zero-order valence-electron chi connectivity index (χ0n) is 13.8. The van der Waals surface area contributed by atoms with Crippen LogP contribution in [0.3, 0.4) is 0 Å². The first-order chi connectivity index (χ1) is 11.1. The summed E-state index contributed by atoms with van der Waals surface area (Å²) in [5.41, 5.74) is 1.15. The zero-order chi connectivity index (χ0) is 16.7. The topological polar surface area (TPSA) is 71.5 Å². The number of aromatic nitrogens is 1. The first-order valence-corrected chi connectivity index (χ1v) is 8.04. The minimum atomic E-state index is 0.0107. The van der Waals surface area contributed by atoms with E-state index in [4.69, 9.17) is 4.74 Å². The van der Waals surface area contributed by atoms with E-state index in [1.165, 1.54) is 0 Å². The average Bonchev–Trinajstić information content (AvgIpc) is 2.55. The van der Waals surface area contributed by atoms with Gasteiger partial charge in [0.05, 0.1) is 6.10 Å². The summed E-state index contributed by atoms with van der Waals surface area (Å²) in [4.78, 5) is 29.5. The Kier molecular flexibility index (Phi) is 6.52. The molecule has 2 amide bonds. The monoisotopic (exact) mass is 319 g/mol. The average molecular weight is 319 g/mol. The van der Waals surface area contributed by atoms with E-state index < -0.39 is 0 Å². The molecule has 2 rings (SSSR count). The minimum Gasteiger partial charge on any atom is -0.381 e.